The molecule has 0 heterocycles. The average Bonchev–Trinajstić information content (AvgIpc) is 3.22. The van der Waals surface area contributed by atoms with Gasteiger partial charge in [0.15, 0.2) is 6.10 Å². The number of hydrogen-bond donors (Lipinski definition) is 3. The number of phosphoric acid groups is 1. The second-order valence-electron chi connectivity index (χ2n) is 14.5. The molecule has 0 saturated carbocycles. The maximum Gasteiger partial charge on any atom is 0.472 e. The topological polar surface area (TPSA) is 172 Å². The number of carbonyl (C=O) groups excluding carboxylic acids is 2. The van der Waals surface area contributed by atoms with E-state index in [1.54, 1.807) is 0 Å². The standard InChI is InChI=1S/C48H78NO10P/c1-3-5-7-9-11-13-15-17-19-21-22-24-26-28-30-32-34-36-38-40-47(51)59-44(42-57-60(54,55)58-43-45(49)48(52)53)41-56-46(50)39-37-35-33-31-29-27-25-23-20-18-16-14-12-10-8-6-4-2/h8,10-11,13-14,16-17,19-20,22-24,27-30,44-45H,3-7,9,12,15,18,21,25-26,31-43,49H2,1-2H3,(H,52,53)(H,54,55)/b10-8+,13-11+,16-14+,19-17+,23-20+,24-22+,29-27+,30-28+/t44-,45+/m1/s1. The van der Waals surface area contributed by atoms with Gasteiger partial charge in [-0.1, -0.05) is 143 Å². The summed E-state index contributed by atoms with van der Waals surface area (Å²) in [6, 6.07) is -1.54. The molecule has 1 unspecified atom stereocenters. The Bertz CT molecular complexity index is 1380. The number of phosphoric ester groups is 1. The number of rotatable bonds is 40. The zero-order valence-corrected chi connectivity index (χ0v) is 37.6. The highest BCUT2D eigenvalue weighted by molar-refractivity contribution is 7.47. The van der Waals surface area contributed by atoms with E-state index < -0.39 is 51.1 Å². The van der Waals surface area contributed by atoms with Gasteiger partial charge in [-0.3, -0.25) is 23.4 Å². The van der Waals surface area contributed by atoms with Crippen molar-refractivity contribution in [1.82, 2.24) is 0 Å². The minimum absolute atomic E-state index is 0.110. The van der Waals surface area contributed by atoms with Crippen LogP contribution in [-0.4, -0.2) is 59.9 Å². The van der Waals surface area contributed by atoms with Crippen molar-refractivity contribution in [3.63, 3.8) is 0 Å². The largest absolute Gasteiger partial charge is 0.480 e. The molecule has 60 heavy (non-hydrogen) atoms. The van der Waals surface area contributed by atoms with Gasteiger partial charge in [-0.15, -0.1) is 0 Å². The van der Waals surface area contributed by atoms with E-state index in [1.165, 1.54) is 32.1 Å². The van der Waals surface area contributed by atoms with Crippen LogP contribution in [0.3, 0.4) is 0 Å². The van der Waals surface area contributed by atoms with Gasteiger partial charge in [-0.2, -0.15) is 0 Å². The molecule has 0 fully saturated rings. The molecule has 4 N–H and O–H groups in total. The zero-order valence-electron chi connectivity index (χ0n) is 36.8. The van der Waals surface area contributed by atoms with Crippen LogP contribution >= 0.6 is 7.82 Å². The first kappa shape index (κ1) is 56.4. The molecule has 3 atom stereocenters. The number of esters is 2. The Balaban J connectivity index is 4.50. The molecule has 0 aliphatic heterocycles. The van der Waals surface area contributed by atoms with Crippen molar-refractivity contribution in [2.24, 2.45) is 5.73 Å². The van der Waals surface area contributed by atoms with Crippen LogP contribution in [0.15, 0.2) is 97.2 Å². The van der Waals surface area contributed by atoms with Crippen molar-refractivity contribution in [3.8, 4) is 0 Å². The lowest BCUT2D eigenvalue weighted by Gasteiger charge is -2.20. The number of unbranched alkanes of at least 4 members (excludes halogenated alkanes) is 10. The van der Waals surface area contributed by atoms with E-state index in [-0.39, 0.29) is 19.4 Å². The van der Waals surface area contributed by atoms with Gasteiger partial charge in [0, 0.05) is 12.8 Å². The van der Waals surface area contributed by atoms with E-state index >= 15 is 0 Å². The van der Waals surface area contributed by atoms with E-state index in [0.717, 1.165) is 83.5 Å². The maximum atomic E-state index is 12.6. The number of carboxylic acid groups (broad SMARTS) is 1. The molecule has 0 aliphatic rings. The minimum Gasteiger partial charge on any atom is -0.480 e. The fourth-order valence-corrected chi connectivity index (χ4v) is 6.05. The van der Waals surface area contributed by atoms with Crippen LogP contribution in [0.2, 0.25) is 0 Å². The Morgan fingerprint density at radius 2 is 0.917 bits per heavy atom. The number of carboxylic acids is 1. The Morgan fingerprint density at radius 3 is 1.35 bits per heavy atom. The van der Waals surface area contributed by atoms with Gasteiger partial charge in [0.05, 0.1) is 13.2 Å². The molecule has 0 aliphatic carbocycles. The highest BCUT2D eigenvalue weighted by Crippen LogP contribution is 2.43. The van der Waals surface area contributed by atoms with E-state index in [0.29, 0.717) is 12.8 Å². The summed E-state index contributed by atoms with van der Waals surface area (Å²) in [5, 5.41) is 8.90. The van der Waals surface area contributed by atoms with Gasteiger partial charge >= 0.3 is 25.7 Å². The molecule has 0 bridgehead atoms. The Kier molecular flexibility index (Phi) is 39.6. The minimum atomic E-state index is -4.74. The third-order valence-corrected chi connectivity index (χ3v) is 9.74. The number of carbonyl (C=O) groups is 3. The average molecular weight is 860 g/mol. The first-order valence-electron chi connectivity index (χ1n) is 22.3. The smallest absolute Gasteiger partial charge is 0.472 e. The van der Waals surface area contributed by atoms with Crippen LogP contribution in [0.25, 0.3) is 0 Å². The van der Waals surface area contributed by atoms with E-state index in [9.17, 15) is 23.8 Å². The van der Waals surface area contributed by atoms with Gasteiger partial charge in [-0.05, 0) is 96.3 Å². The predicted molar refractivity (Wildman–Crippen MR) is 244 cm³/mol. The molecule has 12 heteroatoms. The molecule has 0 radical (unpaired) electrons. The molecular weight excluding hydrogens is 781 g/mol. The molecule has 0 rings (SSSR count). The third kappa shape index (κ3) is 41.1. The predicted octanol–water partition coefficient (Wildman–Crippen LogP) is 12.1. The number of ether oxygens (including phenoxy) is 2. The molecule has 0 amide bonds. The van der Waals surface area contributed by atoms with E-state index in [2.05, 4.69) is 116 Å². The van der Waals surface area contributed by atoms with Crippen molar-refractivity contribution in [1.29, 1.82) is 0 Å². The number of aliphatic carboxylic acids is 1. The fraction of sp³-hybridized carbons (Fsp3) is 0.604. The SMILES string of the molecule is CCC/C=C/C/C=C/C/C=C/C/C=C/CCCCCC(=O)OC[C@H](COP(=O)(O)OC[C@H](N)C(=O)O)OC(=O)CCCCC/C=C/C/C=C/C/C=C/C/C=C/CCCCC. The van der Waals surface area contributed by atoms with Crippen LogP contribution in [0, 0.1) is 0 Å². The highest BCUT2D eigenvalue weighted by Gasteiger charge is 2.28. The lowest BCUT2D eigenvalue weighted by atomic mass is 10.1. The second-order valence-corrected chi connectivity index (χ2v) is 15.9. The van der Waals surface area contributed by atoms with Crippen molar-refractivity contribution in [2.45, 2.75) is 167 Å². The summed E-state index contributed by atoms with van der Waals surface area (Å²) in [5.74, 6) is -2.47. The van der Waals surface area contributed by atoms with E-state index in [4.69, 9.17) is 24.8 Å². The summed E-state index contributed by atoms with van der Waals surface area (Å²) in [5.41, 5.74) is 5.33. The quantitative estimate of drug-likeness (QED) is 0.0232. The van der Waals surface area contributed by atoms with Crippen LogP contribution < -0.4 is 5.73 Å². The molecule has 0 spiro atoms. The number of nitrogens with two attached hydrogens (primary N) is 1. The van der Waals surface area contributed by atoms with Crippen LogP contribution in [0.4, 0.5) is 0 Å². The van der Waals surface area contributed by atoms with Gasteiger partial charge < -0.3 is 25.2 Å². The lowest BCUT2D eigenvalue weighted by molar-refractivity contribution is -0.161. The number of allylic oxidation sites excluding steroid dienone is 16. The molecule has 0 aromatic heterocycles. The van der Waals surface area contributed by atoms with Crippen LogP contribution in [0.1, 0.15) is 155 Å². The Labute approximate surface area is 362 Å². The molecule has 0 aromatic carbocycles. The summed E-state index contributed by atoms with van der Waals surface area (Å²) in [7, 11) is -4.74. The summed E-state index contributed by atoms with van der Waals surface area (Å²) < 4.78 is 32.7. The summed E-state index contributed by atoms with van der Waals surface area (Å²) in [6.07, 6.45) is 53.2. The summed E-state index contributed by atoms with van der Waals surface area (Å²) >= 11 is 0. The normalized spacial score (nSPS) is 14.6. The van der Waals surface area contributed by atoms with Gasteiger partial charge in [0.2, 0.25) is 0 Å². The molecule has 0 aromatic rings. The maximum absolute atomic E-state index is 12.6. The van der Waals surface area contributed by atoms with Crippen molar-refractivity contribution >= 4 is 25.7 Å². The van der Waals surface area contributed by atoms with Crippen molar-refractivity contribution in [2.75, 3.05) is 19.8 Å². The van der Waals surface area contributed by atoms with Gasteiger partial charge in [-0.25, -0.2) is 4.57 Å². The van der Waals surface area contributed by atoms with E-state index in [1.807, 2.05) is 0 Å². The third-order valence-electron chi connectivity index (χ3n) is 8.79. The molecule has 340 valence electrons. The van der Waals surface area contributed by atoms with Crippen LogP contribution in [-0.2, 0) is 37.5 Å². The van der Waals surface area contributed by atoms with Gasteiger partial charge in [0.25, 0.3) is 0 Å². The zero-order chi connectivity index (χ0) is 44.2. The number of hydrogen-bond acceptors (Lipinski definition) is 9. The van der Waals surface area contributed by atoms with Crippen LogP contribution in [0.5, 0.6) is 0 Å². The molecule has 11 nitrogen and oxygen atoms in total. The fourth-order valence-electron chi connectivity index (χ4n) is 5.27. The first-order valence-corrected chi connectivity index (χ1v) is 23.8. The highest BCUT2D eigenvalue weighted by atomic mass is 31.2. The monoisotopic (exact) mass is 860 g/mol. The summed E-state index contributed by atoms with van der Waals surface area (Å²) in [6.45, 7) is 2.62. The lowest BCUT2D eigenvalue weighted by Crippen LogP contribution is -2.34. The molecular formula is C48H78NO10P. The summed E-state index contributed by atoms with van der Waals surface area (Å²) in [4.78, 5) is 46.0. The Morgan fingerprint density at radius 1 is 0.517 bits per heavy atom. The van der Waals surface area contributed by atoms with Crippen molar-refractivity contribution in [3.05, 3.63) is 97.2 Å². The Hall–Kier alpha value is -3.60. The second kappa shape index (κ2) is 42.1. The molecule has 0 saturated heterocycles. The van der Waals surface area contributed by atoms with Crippen molar-refractivity contribution < 1.29 is 47.5 Å². The van der Waals surface area contributed by atoms with Gasteiger partial charge in [0.1, 0.15) is 12.6 Å². The first-order chi connectivity index (χ1) is 29.1.